The number of nitrogens with zero attached hydrogens (tertiary/aromatic N) is 2. The molecule has 4 aromatic carbocycles. The number of nitrogens with one attached hydrogen (secondary N) is 1. The van der Waals surface area contributed by atoms with E-state index in [-0.39, 0.29) is 46.9 Å². The summed E-state index contributed by atoms with van der Waals surface area (Å²) in [6.07, 6.45) is 6.95. The third kappa shape index (κ3) is 10.5. The molecule has 0 aliphatic heterocycles. The van der Waals surface area contributed by atoms with Crippen molar-refractivity contribution in [2.75, 3.05) is 26.0 Å². The quantitative estimate of drug-likeness (QED) is 0.0538. The number of pyridine rings is 1. The number of hydrogen-bond acceptors (Lipinski definition) is 10. The van der Waals surface area contributed by atoms with Gasteiger partial charge in [-0.1, -0.05) is 48.2 Å². The minimum absolute atomic E-state index is 0.00451. The first-order chi connectivity index (χ1) is 29.9. The number of benzene rings is 4. The van der Waals surface area contributed by atoms with Crippen molar-refractivity contribution in [2.45, 2.75) is 57.4 Å². The molecule has 2 aromatic heterocycles. The van der Waals surface area contributed by atoms with Crippen LogP contribution < -0.4 is 25.3 Å². The average molecular weight is 863 g/mol. The lowest BCUT2D eigenvalue weighted by Gasteiger charge is -2.15. The van der Waals surface area contributed by atoms with Crippen LogP contribution in [0.5, 0.6) is 23.0 Å². The van der Waals surface area contributed by atoms with Gasteiger partial charge in [0.2, 0.25) is 11.0 Å². The summed E-state index contributed by atoms with van der Waals surface area (Å²) in [6.45, 7) is 0.847. The SMILES string of the molecule is COc1cc2c(Oc3ccc(CC(=O)C4(C(=O)Cc5ccc(F)cc5)CC4)cc3F)ccnc2cc1OCCCCCNC(=O)CSC(=O)[C@H](N)Cc1cn(C)c2ccccc12. The highest BCUT2D eigenvalue weighted by Crippen LogP contribution is 2.49. The van der Waals surface area contributed by atoms with Crippen LogP contribution in [0.3, 0.4) is 0 Å². The largest absolute Gasteiger partial charge is 0.493 e. The zero-order valence-corrected chi connectivity index (χ0v) is 35.4. The van der Waals surface area contributed by atoms with Gasteiger partial charge in [0.05, 0.1) is 36.4 Å². The van der Waals surface area contributed by atoms with Gasteiger partial charge in [-0.05, 0) is 97.7 Å². The summed E-state index contributed by atoms with van der Waals surface area (Å²) in [7, 11) is 3.47. The fourth-order valence-electron chi connectivity index (χ4n) is 7.51. The van der Waals surface area contributed by atoms with E-state index in [1.54, 1.807) is 30.5 Å². The molecule has 3 N–H and O–H groups in total. The van der Waals surface area contributed by atoms with E-state index in [2.05, 4.69) is 10.3 Å². The molecular formula is C48H48F2N4O7S. The van der Waals surface area contributed by atoms with Crippen molar-refractivity contribution in [1.29, 1.82) is 0 Å². The van der Waals surface area contributed by atoms with Gasteiger partial charge in [0.1, 0.15) is 11.6 Å². The fraction of sp³-hybridized carbons (Fsp3) is 0.312. The molecular weight excluding hydrogens is 815 g/mol. The molecule has 322 valence electrons. The van der Waals surface area contributed by atoms with Crippen molar-refractivity contribution in [3.8, 4) is 23.0 Å². The molecule has 0 bridgehead atoms. The number of carbonyl (C=O) groups is 4. The van der Waals surface area contributed by atoms with Gasteiger partial charge in [-0.15, -0.1) is 0 Å². The normalized spacial score (nSPS) is 13.4. The van der Waals surface area contributed by atoms with Crippen LogP contribution in [0.1, 0.15) is 48.8 Å². The van der Waals surface area contributed by atoms with E-state index in [4.69, 9.17) is 19.9 Å². The molecule has 1 aliphatic rings. The van der Waals surface area contributed by atoms with Crippen LogP contribution in [0.25, 0.3) is 21.8 Å². The lowest BCUT2D eigenvalue weighted by atomic mass is 9.88. The molecule has 1 fully saturated rings. The van der Waals surface area contributed by atoms with Crippen LogP contribution in [0, 0.1) is 17.0 Å². The number of thioether (sulfide) groups is 1. The number of halogens is 2. The van der Waals surface area contributed by atoms with Crippen molar-refractivity contribution >= 4 is 56.2 Å². The van der Waals surface area contributed by atoms with E-state index in [0.717, 1.165) is 41.1 Å². The van der Waals surface area contributed by atoms with E-state index < -0.39 is 23.1 Å². The van der Waals surface area contributed by atoms with Crippen molar-refractivity contribution in [2.24, 2.45) is 18.2 Å². The van der Waals surface area contributed by atoms with Crippen LogP contribution in [-0.4, -0.2) is 64.2 Å². The number of aryl methyl sites for hydroxylation is 1. The number of aromatic nitrogens is 2. The maximum absolute atomic E-state index is 15.4. The first kappa shape index (κ1) is 44.0. The van der Waals surface area contributed by atoms with Crippen molar-refractivity contribution in [3.63, 3.8) is 0 Å². The first-order valence-corrected chi connectivity index (χ1v) is 21.5. The third-order valence-electron chi connectivity index (χ3n) is 11.1. The molecule has 1 amide bonds. The number of nitrogens with two attached hydrogens (primary N) is 1. The highest BCUT2D eigenvalue weighted by atomic mass is 32.2. The number of Topliss-reactive ketones (excluding diaryl/α,β-unsaturated/α-hetero) is 2. The standard InChI is InChI=1S/C48H48F2N4O7S/c1-54-28-32(34-8-4-5-9-39(34)54)25-37(51)47(58)62-29-46(57)53-19-6-3-7-21-60-43-27-38-35(26-42(43)59-2)40(16-20-52-38)61-41-15-12-31(22-36(41)50)24-45(56)48(17-18-48)44(55)23-30-10-13-33(49)14-11-30/h4-5,8-16,20,22,26-28,37H,3,6-7,17-19,21,23-25,29,51H2,1-2H3,(H,53,57)/t37-/m1/s1. The van der Waals surface area contributed by atoms with Crippen LogP contribution in [0.2, 0.25) is 0 Å². The number of amides is 1. The van der Waals surface area contributed by atoms with Crippen LogP contribution >= 0.6 is 11.8 Å². The highest BCUT2D eigenvalue weighted by molar-refractivity contribution is 8.14. The Hall–Kier alpha value is -6.12. The van der Waals surface area contributed by atoms with Crippen molar-refractivity contribution in [3.05, 3.63) is 126 Å². The number of para-hydroxylation sites is 1. The third-order valence-corrected chi connectivity index (χ3v) is 12.1. The summed E-state index contributed by atoms with van der Waals surface area (Å²) in [6, 6.07) is 22.2. The minimum atomic E-state index is -1.09. The number of ketones is 2. The van der Waals surface area contributed by atoms with Gasteiger partial charge >= 0.3 is 0 Å². The first-order valence-electron chi connectivity index (χ1n) is 20.5. The minimum Gasteiger partial charge on any atom is -0.493 e. The molecule has 62 heavy (non-hydrogen) atoms. The topological polar surface area (TPSA) is 152 Å². The van der Waals surface area contributed by atoms with Gasteiger partial charge in [-0.2, -0.15) is 0 Å². The molecule has 14 heteroatoms. The Morgan fingerprint density at radius 3 is 2.34 bits per heavy atom. The summed E-state index contributed by atoms with van der Waals surface area (Å²) in [4.78, 5) is 55.9. The fourth-order valence-corrected chi connectivity index (χ4v) is 8.18. The average Bonchev–Trinajstić information content (AvgIpc) is 4.03. The van der Waals surface area contributed by atoms with E-state index in [0.29, 0.717) is 78.1 Å². The number of carbonyl (C=O) groups excluding carboxylic acids is 4. The Labute approximate surface area is 362 Å². The Balaban J connectivity index is 0.843. The second-order valence-electron chi connectivity index (χ2n) is 15.6. The number of methoxy groups -OCH3 is 1. The van der Waals surface area contributed by atoms with Gasteiger partial charge in [0.15, 0.2) is 34.6 Å². The number of rotatable bonds is 21. The molecule has 0 saturated heterocycles. The molecule has 6 aromatic rings. The Bertz CT molecular complexity index is 2610. The Kier molecular flexibility index (Phi) is 14.0. The van der Waals surface area contributed by atoms with Crippen LogP contribution in [0.4, 0.5) is 8.78 Å². The summed E-state index contributed by atoms with van der Waals surface area (Å²) in [5.74, 6) is -0.572. The monoisotopic (exact) mass is 862 g/mol. The lowest BCUT2D eigenvalue weighted by molar-refractivity contribution is -0.134. The van der Waals surface area contributed by atoms with Crippen molar-refractivity contribution in [1.82, 2.24) is 14.9 Å². The number of ether oxygens (including phenoxy) is 3. The summed E-state index contributed by atoms with van der Waals surface area (Å²) >= 11 is 0.935. The molecule has 2 heterocycles. The maximum Gasteiger partial charge on any atom is 0.230 e. The molecule has 7 rings (SSSR count). The predicted octanol–water partition coefficient (Wildman–Crippen LogP) is 8.00. The number of fused-ring (bicyclic) bond motifs is 2. The Morgan fingerprint density at radius 1 is 0.855 bits per heavy atom. The zero-order valence-electron chi connectivity index (χ0n) is 34.6. The van der Waals surface area contributed by atoms with E-state index in [9.17, 15) is 23.6 Å². The molecule has 1 atom stereocenters. The lowest BCUT2D eigenvalue weighted by Crippen LogP contribution is -2.33. The van der Waals surface area contributed by atoms with E-state index in [1.165, 1.54) is 43.5 Å². The second kappa shape index (κ2) is 19.7. The predicted molar refractivity (Wildman–Crippen MR) is 235 cm³/mol. The van der Waals surface area contributed by atoms with E-state index in [1.807, 2.05) is 42.1 Å². The molecule has 1 aliphatic carbocycles. The molecule has 11 nitrogen and oxygen atoms in total. The number of hydrogen-bond donors (Lipinski definition) is 2. The molecule has 0 spiro atoms. The Morgan fingerprint density at radius 2 is 1.60 bits per heavy atom. The molecule has 0 radical (unpaired) electrons. The number of unbranched alkanes of at least 4 members (excludes halogenated alkanes) is 2. The van der Waals surface area contributed by atoms with Crippen LogP contribution in [0.15, 0.2) is 97.3 Å². The van der Waals surface area contributed by atoms with Gasteiger partial charge in [0.25, 0.3) is 0 Å². The van der Waals surface area contributed by atoms with Gasteiger partial charge in [-0.25, -0.2) is 8.78 Å². The highest BCUT2D eigenvalue weighted by Gasteiger charge is 2.54. The zero-order chi connectivity index (χ0) is 43.8. The maximum atomic E-state index is 15.4. The van der Waals surface area contributed by atoms with Crippen molar-refractivity contribution < 1.29 is 42.2 Å². The van der Waals surface area contributed by atoms with E-state index >= 15 is 4.39 Å². The van der Waals surface area contributed by atoms with Crippen LogP contribution in [-0.2, 0) is 45.5 Å². The van der Waals surface area contributed by atoms with Gasteiger partial charge in [0, 0.05) is 61.2 Å². The second-order valence-corrected chi connectivity index (χ2v) is 16.5. The smallest absolute Gasteiger partial charge is 0.230 e. The van der Waals surface area contributed by atoms with Gasteiger partial charge < -0.3 is 29.8 Å². The summed E-state index contributed by atoms with van der Waals surface area (Å²) in [5.41, 5.74) is 8.79. The molecule has 1 saturated carbocycles. The van der Waals surface area contributed by atoms with Gasteiger partial charge in [-0.3, -0.25) is 24.2 Å². The molecule has 0 unspecified atom stereocenters. The summed E-state index contributed by atoms with van der Waals surface area (Å²) in [5, 5.41) is 4.27. The summed E-state index contributed by atoms with van der Waals surface area (Å²) < 4.78 is 48.4.